The van der Waals surface area contributed by atoms with Crippen molar-refractivity contribution in [2.75, 3.05) is 32.1 Å². The smallest absolute Gasteiger partial charge is 0.266 e. The third kappa shape index (κ3) is 8.26. The molecule has 10 heteroatoms. The quantitative estimate of drug-likeness (QED) is 0.257. The van der Waals surface area contributed by atoms with Crippen molar-refractivity contribution in [2.24, 2.45) is 11.8 Å². The molecule has 1 aliphatic carbocycles. The minimum absolute atomic E-state index is 0.0553. The van der Waals surface area contributed by atoms with Gasteiger partial charge in [0.25, 0.3) is 5.89 Å². The minimum Gasteiger partial charge on any atom is -0.434 e. The molecular formula is C32H41N3O6S. The van der Waals surface area contributed by atoms with Crippen molar-refractivity contribution in [2.45, 2.75) is 63.3 Å². The van der Waals surface area contributed by atoms with E-state index in [4.69, 9.17) is 9.15 Å². The van der Waals surface area contributed by atoms with Gasteiger partial charge >= 0.3 is 0 Å². The van der Waals surface area contributed by atoms with Crippen LogP contribution in [0.25, 0.3) is 11.1 Å². The lowest BCUT2D eigenvalue weighted by Gasteiger charge is -2.35. The van der Waals surface area contributed by atoms with Crippen LogP contribution in [-0.4, -0.2) is 74.1 Å². The van der Waals surface area contributed by atoms with Gasteiger partial charge in [-0.3, -0.25) is 14.5 Å². The lowest BCUT2D eigenvalue weighted by Crippen LogP contribution is -2.55. The number of Topliss-reactive ketones (excluding diaryl/α,β-unsaturated/α-hetero) is 1. The molecule has 1 aliphatic heterocycles. The largest absolute Gasteiger partial charge is 0.434 e. The van der Waals surface area contributed by atoms with E-state index in [0.717, 1.165) is 25.7 Å². The number of oxazole rings is 1. The van der Waals surface area contributed by atoms with E-state index < -0.39 is 33.6 Å². The maximum Gasteiger partial charge on any atom is 0.266 e. The molecule has 1 amide bonds. The van der Waals surface area contributed by atoms with E-state index in [1.165, 1.54) is 0 Å². The Kier molecular flexibility index (Phi) is 10.1. The highest BCUT2D eigenvalue weighted by atomic mass is 32.2. The van der Waals surface area contributed by atoms with Crippen LogP contribution in [0.1, 0.15) is 61.7 Å². The molecule has 1 unspecified atom stereocenters. The fourth-order valence-corrected chi connectivity index (χ4v) is 7.31. The lowest BCUT2D eigenvalue weighted by atomic mass is 9.98. The van der Waals surface area contributed by atoms with Crippen molar-refractivity contribution in [1.29, 1.82) is 0 Å². The lowest BCUT2D eigenvalue weighted by molar-refractivity contribution is -0.126. The molecular weight excluding hydrogens is 554 g/mol. The first-order chi connectivity index (χ1) is 20.3. The second-order valence-corrected chi connectivity index (χ2v) is 13.8. The molecule has 2 aromatic carbocycles. The Labute approximate surface area is 247 Å². The molecule has 1 aromatic heterocycles. The highest BCUT2D eigenvalue weighted by Crippen LogP contribution is 2.32. The number of aromatic nitrogens is 1. The van der Waals surface area contributed by atoms with E-state index in [1.807, 2.05) is 31.2 Å². The number of nitrogens with one attached hydrogen (secondary N) is 1. The molecule has 1 saturated carbocycles. The van der Waals surface area contributed by atoms with Crippen molar-refractivity contribution in [3.63, 3.8) is 0 Å². The fraction of sp³-hybridized carbons (Fsp3) is 0.531. The number of rotatable bonds is 15. The monoisotopic (exact) mass is 595 g/mol. The van der Waals surface area contributed by atoms with Gasteiger partial charge in [0.15, 0.2) is 15.4 Å². The number of ether oxygens (including phenoxy) is 1. The molecule has 3 aromatic rings. The van der Waals surface area contributed by atoms with Gasteiger partial charge in [0, 0.05) is 26.3 Å². The number of carbonyl (C=O) groups is 2. The van der Waals surface area contributed by atoms with E-state index in [0.29, 0.717) is 67.6 Å². The van der Waals surface area contributed by atoms with Crippen LogP contribution in [0, 0.1) is 11.8 Å². The van der Waals surface area contributed by atoms with Crippen molar-refractivity contribution < 1.29 is 27.2 Å². The van der Waals surface area contributed by atoms with Crippen LogP contribution in [0.15, 0.2) is 59.0 Å². The summed E-state index contributed by atoms with van der Waals surface area (Å²) in [4.78, 5) is 34.1. The maximum absolute atomic E-state index is 14.1. The van der Waals surface area contributed by atoms with E-state index >= 15 is 0 Å². The van der Waals surface area contributed by atoms with Crippen LogP contribution < -0.4 is 5.32 Å². The average Bonchev–Trinajstić information content (AvgIpc) is 3.70. The van der Waals surface area contributed by atoms with E-state index in [1.54, 1.807) is 30.3 Å². The number of nitrogens with zero attached hydrogens (tertiary/aromatic N) is 2. The zero-order valence-corrected chi connectivity index (χ0v) is 25.1. The molecule has 0 spiro atoms. The van der Waals surface area contributed by atoms with E-state index in [-0.39, 0.29) is 17.4 Å². The molecule has 2 aliphatic rings. The first kappa shape index (κ1) is 30.4. The number of sulfone groups is 1. The average molecular weight is 596 g/mol. The normalized spacial score (nSPS) is 17.8. The molecule has 1 N–H and O–H groups in total. The number of para-hydroxylation sites is 2. The number of fused-ring (bicyclic) bond motifs is 1. The molecule has 2 atom stereocenters. The Hall–Kier alpha value is -3.08. The van der Waals surface area contributed by atoms with E-state index in [2.05, 4.69) is 15.2 Å². The van der Waals surface area contributed by atoms with Gasteiger partial charge in [0.05, 0.1) is 17.5 Å². The van der Waals surface area contributed by atoms with Crippen LogP contribution >= 0.6 is 0 Å². The Morgan fingerprint density at radius 1 is 0.976 bits per heavy atom. The summed E-state index contributed by atoms with van der Waals surface area (Å²) in [5, 5.41) is 2.94. The number of amides is 1. The molecule has 1 saturated heterocycles. The fourth-order valence-electron chi connectivity index (χ4n) is 5.65. The van der Waals surface area contributed by atoms with Crippen molar-refractivity contribution in [3.05, 3.63) is 66.1 Å². The number of hydrogen-bond acceptors (Lipinski definition) is 8. The summed E-state index contributed by atoms with van der Waals surface area (Å²) in [6.45, 7) is 4.56. The summed E-state index contributed by atoms with van der Waals surface area (Å²) in [7, 11) is -3.66. The summed E-state index contributed by atoms with van der Waals surface area (Å²) in [6.07, 6.45) is 4.92. The second-order valence-electron chi connectivity index (χ2n) is 11.7. The molecule has 9 nitrogen and oxygen atoms in total. The van der Waals surface area contributed by atoms with Crippen molar-refractivity contribution >= 4 is 32.6 Å². The molecule has 2 heterocycles. The predicted molar refractivity (Wildman–Crippen MR) is 161 cm³/mol. The first-order valence-electron chi connectivity index (χ1n) is 15.1. The van der Waals surface area contributed by atoms with Crippen molar-refractivity contribution in [1.82, 2.24) is 15.2 Å². The van der Waals surface area contributed by atoms with Crippen LogP contribution in [0.2, 0.25) is 0 Å². The Morgan fingerprint density at radius 3 is 2.31 bits per heavy atom. The summed E-state index contributed by atoms with van der Waals surface area (Å²) in [6, 6.07) is 14.4. The number of carbonyl (C=O) groups excluding carboxylic acids is 2. The van der Waals surface area contributed by atoms with E-state index in [9.17, 15) is 18.0 Å². The van der Waals surface area contributed by atoms with Gasteiger partial charge in [-0.15, -0.1) is 0 Å². The van der Waals surface area contributed by atoms with Crippen LogP contribution in [0.3, 0.4) is 0 Å². The minimum atomic E-state index is -3.66. The highest BCUT2D eigenvalue weighted by Gasteiger charge is 2.38. The van der Waals surface area contributed by atoms with Crippen LogP contribution in [-0.2, 0) is 25.1 Å². The first-order valence-corrected chi connectivity index (χ1v) is 16.9. The Balaban J connectivity index is 1.40. The van der Waals surface area contributed by atoms with Gasteiger partial charge in [-0.1, -0.05) is 55.8 Å². The molecule has 0 bridgehead atoms. The van der Waals surface area contributed by atoms with Crippen LogP contribution in [0.4, 0.5) is 0 Å². The summed E-state index contributed by atoms with van der Waals surface area (Å²) < 4.78 is 38.4. The molecule has 0 radical (unpaired) electrons. The summed E-state index contributed by atoms with van der Waals surface area (Å²) in [5.41, 5.74) is 1.75. The molecule has 5 rings (SSSR count). The Bertz CT molecular complexity index is 1410. The molecule has 2 fully saturated rings. The third-order valence-electron chi connectivity index (χ3n) is 8.12. The predicted octanol–water partition coefficient (Wildman–Crippen LogP) is 4.42. The standard InChI is InChI=1S/C32H41N3O6S/c1-2-8-27(30(36)32-34-26-11-6-7-12-29(26)41-32)33-31(37)28(22-42(38,39)21-25-9-4-3-5-10-25)35(19-23-13-14-23)20-24-15-17-40-18-16-24/h3-7,9-12,23-24,27-28H,2,8,13-22H2,1H3,(H,33,37)/t27?,28-/m0/s1. The van der Waals surface area contributed by atoms with Gasteiger partial charge in [-0.25, -0.2) is 13.4 Å². The van der Waals surface area contributed by atoms with Crippen molar-refractivity contribution in [3.8, 4) is 0 Å². The molecule has 226 valence electrons. The second kappa shape index (κ2) is 13.9. The van der Waals surface area contributed by atoms with Gasteiger partial charge in [-0.2, -0.15) is 0 Å². The zero-order valence-electron chi connectivity index (χ0n) is 24.2. The highest BCUT2D eigenvalue weighted by molar-refractivity contribution is 7.90. The van der Waals surface area contributed by atoms with Gasteiger partial charge in [-0.05, 0) is 61.6 Å². The summed E-state index contributed by atoms with van der Waals surface area (Å²) >= 11 is 0. The topological polar surface area (TPSA) is 119 Å². The third-order valence-corrected chi connectivity index (χ3v) is 9.72. The SMILES string of the molecule is CCCC(NC(=O)[C@H](CS(=O)(=O)Cc1ccccc1)N(CC1CCOCC1)CC1CC1)C(=O)c1nc2ccccc2o1. The van der Waals surface area contributed by atoms with Gasteiger partial charge in [0.1, 0.15) is 11.6 Å². The Morgan fingerprint density at radius 2 is 1.64 bits per heavy atom. The summed E-state index contributed by atoms with van der Waals surface area (Å²) in [5.74, 6) is -0.610. The number of benzene rings is 2. The van der Waals surface area contributed by atoms with Crippen LogP contribution in [0.5, 0.6) is 0 Å². The maximum atomic E-state index is 14.1. The zero-order chi connectivity index (χ0) is 29.5. The van der Waals surface area contributed by atoms with Gasteiger partial charge in [0.2, 0.25) is 11.7 Å². The molecule has 42 heavy (non-hydrogen) atoms. The van der Waals surface area contributed by atoms with Gasteiger partial charge < -0.3 is 14.5 Å². The number of ketones is 1. The number of hydrogen-bond donors (Lipinski definition) is 1.